The van der Waals surface area contributed by atoms with Gasteiger partial charge in [0.1, 0.15) is 0 Å². The maximum atomic E-state index is 10.1. The Morgan fingerprint density at radius 3 is 1.59 bits per heavy atom. The molecule has 0 amide bonds. The van der Waals surface area contributed by atoms with Crippen LogP contribution in [0.25, 0.3) is 0 Å². The standard InChI is InChI=1S/C10H22O4S.C6H16N/c1-2-3-4-5-6-7-8-9-10-14-15(11,12)13;1-5-6-7(2,3)4/h2-10H2,1H3,(H,11,12,13);5-6H2,1-4H3/q;+1/p-1. The van der Waals surface area contributed by atoms with Crippen molar-refractivity contribution in [1.82, 2.24) is 0 Å². The van der Waals surface area contributed by atoms with E-state index in [-0.39, 0.29) is 6.61 Å². The maximum absolute atomic E-state index is 10.1. The summed E-state index contributed by atoms with van der Waals surface area (Å²) in [6.07, 6.45) is 10.2. The average Bonchev–Trinajstić information content (AvgIpc) is 2.35. The van der Waals surface area contributed by atoms with Gasteiger partial charge in [0.15, 0.2) is 0 Å². The first-order valence-electron chi connectivity index (χ1n) is 8.53. The monoisotopic (exact) mass is 339 g/mol. The third-order valence-corrected chi connectivity index (χ3v) is 3.58. The number of quaternary nitrogens is 1. The molecule has 0 heterocycles. The van der Waals surface area contributed by atoms with Gasteiger partial charge in [0.2, 0.25) is 10.4 Å². The van der Waals surface area contributed by atoms with Crippen molar-refractivity contribution in [1.29, 1.82) is 0 Å². The van der Waals surface area contributed by atoms with Crippen LogP contribution in [-0.4, -0.2) is 51.7 Å². The number of hydrogen-bond acceptors (Lipinski definition) is 4. The quantitative estimate of drug-likeness (QED) is 0.235. The van der Waals surface area contributed by atoms with Crippen LogP contribution in [0, 0.1) is 0 Å². The third-order valence-electron chi connectivity index (χ3n) is 3.12. The predicted octanol–water partition coefficient (Wildman–Crippen LogP) is 3.71. The molecule has 0 saturated carbocycles. The minimum atomic E-state index is -4.48. The molecule has 0 N–H and O–H groups in total. The Morgan fingerprint density at radius 1 is 0.818 bits per heavy atom. The fraction of sp³-hybridized carbons (Fsp3) is 1.00. The second-order valence-electron chi connectivity index (χ2n) is 6.72. The molecule has 0 rings (SSSR count). The van der Waals surface area contributed by atoms with Gasteiger partial charge in [-0.25, -0.2) is 8.42 Å². The van der Waals surface area contributed by atoms with Crippen LogP contribution in [-0.2, 0) is 14.6 Å². The van der Waals surface area contributed by atoms with Crippen molar-refractivity contribution in [3.63, 3.8) is 0 Å². The highest BCUT2D eigenvalue weighted by Gasteiger charge is 2.01. The number of nitrogens with zero attached hydrogens (tertiary/aromatic N) is 1. The summed E-state index contributed by atoms with van der Waals surface area (Å²) in [5.41, 5.74) is 0. The molecular formula is C16H37NO4S. The molecule has 0 aliphatic carbocycles. The fourth-order valence-corrected chi connectivity index (χ4v) is 2.39. The lowest BCUT2D eigenvalue weighted by molar-refractivity contribution is -0.870. The first-order valence-corrected chi connectivity index (χ1v) is 9.86. The minimum absolute atomic E-state index is 0.0286. The Morgan fingerprint density at radius 2 is 1.27 bits per heavy atom. The predicted molar refractivity (Wildman–Crippen MR) is 91.4 cm³/mol. The molecule has 0 aromatic heterocycles. The zero-order valence-corrected chi connectivity index (χ0v) is 16.1. The Balaban J connectivity index is 0. The molecule has 6 heteroatoms. The highest BCUT2D eigenvalue weighted by Crippen LogP contribution is 2.08. The summed E-state index contributed by atoms with van der Waals surface area (Å²) in [5, 5.41) is 0. The van der Waals surface area contributed by atoms with Crippen LogP contribution >= 0.6 is 0 Å². The summed E-state index contributed by atoms with van der Waals surface area (Å²) in [6.45, 7) is 5.70. The molecule has 0 aromatic rings. The van der Waals surface area contributed by atoms with Crippen molar-refractivity contribution in [2.24, 2.45) is 0 Å². The summed E-state index contributed by atoms with van der Waals surface area (Å²) >= 11 is 0. The van der Waals surface area contributed by atoms with Crippen LogP contribution in [0.3, 0.4) is 0 Å². The van der Waals surface area contributed by atoms with Crippen molar-refractivity contribution >= 4 is 10.4 Å². The summed E-state index contributed by atoms with van der Waals surface area (Å²) in [5.74, 6) is 0. The zero-order valence-electron chi connectivity index (χ0n) is 15.3. The number of rotatable bonds is 12. The SMILES string of the molecule is CCCCCCCCCCOS(=O)(=O)[O-].CCC[N+](C)(C)C. The van der Waals surface area contributed by atoms with Gasteiger partial charge in [0.05, 0.1) is 34.3 Å². The Kier molecular flexibility index (Phi) is 15.8. The molecule has 0 bridgehead atoms. The van der Waals surface area contributed by atoms with Gasteiger partial charge in [-0.3, -0.25) is 4.18 Å². The average molecular weight is 340 g/mol. The molecule has 5 nitrogen and oxygen atoms in total. The van der Waals surface area contributed by atoms with E-state index in [1.807, 2.05) is 0 Å². The summed E-state index contributed by atoms with van der Waals surface area (Å²) in [6, 6.07) is 0. The van der Waals surface area contributed by atoms with Gasteiger partial charge in [0.25, 0.3) is 0 Å². The summed E-state index contributed by atoms with van der Waals surface area (Å²) in [7, 11) is 2.16. The second-order valence-corrected chi connectivity index (χ2v) is 7.77. The topological polar surface area (TPSA) is 66.4 Å². The van der Waals surface area contributed by atoms with Gasteiger partial charge in [-0.2, -0.15) is 0 Å². The van der Waals surface area contributed by atoms with Gasteiger partial charge in [-0.1, -0.05) is 58.8 Å². The molecule has 0 aliphatic heterocycles. The zero-order chi connectivity index (χ0) is 17.5. The molecule has 0 fully saturated rings. The van der Waals surface area contributed by atoms with Crippen LogP contribution < -0.4 is 0 Å². The van der Waals surface area contributed by atoms with Crippen molar-refractivity contribution in [2.75, 3.05) is 34.3 Å². The van der Waals surface area contributed by atoms with E-state index in [1.165, 1.54) is 45.1 Å². The highest BCUT2D eigenvalue weighted by atomic mass is 32.3. The molecule has 0 spiro atoms. The van der Waals surface area contributed by atoms with E-state index in [0.29, 0.717) is 6.42 Å². The van der Waals surface area contributed by atoms with Gasteiger partial charge in [-0.05, 0) is 12.8 Å². The van der Waals surface area contributed by atoms with Crippen LogP contribution in [0.4, 0.5) is 0 Å². The van der Waals surface area contributed by atoms with E-state index in [4.69, 9.17) is 0 Å². The van der Waals surface area contributed by atoms with Gasteiger partial charge < -0.3 is 9.04 Å². The second kappa shape index (κ2) is 14.4. The van der Waals surface area contributed by atoms with E-state index in [0.717, 1.165) is 17.3 Å². The normalized spacial score (nSPS) is 11.9. The lowest BCUT2D eigenvalue weighted by atomic mass is 10.1. The van der Waals surface area contributed by atoms with E-state index in [9.17, 15) is 13.0 Å². The molecule has 0 atom stereocenters. The maximum Gasteiger partial charge on any atom is 0.217 e. The van der Waals surface area contributed by atoms with Crippen molar-refractivity contribution in [2.45, 2.75) is 71.6 Å². The molecule has 22 heavy (non-hydrogen) atoms. The van der Waals surface area contributed by atoms with Crippen molar-refractivity contribution in [3.8, 4) is 0 Å². The van der Waals surface area contributed by atoms with Crippen LogP contribution in [0.2, 0.25) is 0 Å². The van der Waals surface area contributed by atoms with E-state index >= 15 is 0 Å². The first-order chi connectivity index (χ1) is 10.1. The largest absolute Gasteiger partial charge is 0.726 e. The van der Waals surface area contributed by atoms with Crippen LogP contribution in [0.15, 0.2) is 0 Å². The molecule has 0 aliphatic rings. The Hall–Kier alpha value is -0.170. The smallest absolute Gasteiger partial charge is 0.217 e. The molecule has 0 aromatic carbocycles. The summed E-state index contributed by atoms with van der Waals surface area (Å²) in [4.78, 5) is 0. The number of hydrogen-bond donors (Lipinski definition) is 0. The van der Waals surface area contributed by atoms with Crippen LogP contribution in [0.1, 0.15) is 71.6 Å². The first kappa shape index (κ1) is 24.1. The molecule has 0 radical (unpaired) electrons. The lowest BCUT2D eigenvalue weighted by Crippen LogP contribution is -2.34. The third kappa shape index (κ3) is 28.1. The van der Waals surface area contributed by atoms with Gasteiger partial charge >= 0.3 is 0 Å². The summed E-state index contributed by atoms with van der Waals surface area (Å²) < 4.78 is 35.4. The number of unbranched alkanes of at least 4 members (excludes halogenated alkanes) is 7. The fourth-order valence-electron chi connectivity index (χ4n) is 2.07. The van der Waals surface area contributed by atoms with Crippen LogP contribution in [0.5, 0.6) is 0 Å². The molecule has 0 saturated heterocycles. The van der Waals surface area contributed by atoms with Gasteiger partial charge in [-0.15, -0.1) is 0 Å². The molecule has 0 unspecified atom stereocenters. The minimum Gasteiger partial charge on any atom is -0.726 e. The molecular weight excluding hydrogens is 302 g/mol. The lowest BCUT2D eigenvalue weighted by Gasteiger charge is -2.22. The van der Waals surface area contributed by atoms with E-state index in [2.05, 4.69) is 39.2 Å². The Labute approximate surface area is 138 Å². The van der Waals surface area contributed by atoms with Gasteiger partial charge in [0, 0.05) is 0 Å². The van der Waals surface area contributed by atoms with Crippen molar-refractivity contribution in [3.05, 3.63) is 0 Å². The Bertz CT molecular complexity index is 324. The van der Waals surface area contributed by atoms with Crippen molar-refractivity contribution < 1.29 is 21.6 Å². The highest BCUT2D eigenvalue weighted by molar-refractivity contribution is 7.80. The van der Waals surface area contributed by atoms with E-state index < -0.39 is 10.4 Å². The van der Waals surface area contributed by atoms with E-state index in [1.54, 1.807) is 0 Å². The molecule has 136 valence electrons.